The molecule has 2 amide bonds. The van der Waals surface area contributed by atoms with Crippen LogP contribution in [-0.4, -0.2) is 37.6 Å². The number of rotatable bonds is 4. The third-order valence-electron chi connectivity index (χ3n) is 6.10. The zero-order chi connectivity index (χ0) is 22.9. The molecule has 1 saturated heterocycles. The van der Waals surface area contributed by atoms with Crippen LogP contribution in [0.5, 0.6) is 0 Å². The van der Waals surface area contributed by atoms with Crippen molar-refractivity contribution in [1.82, 2.24) is 4.31 Å². The average molecular weight is 460 g/mol. The number of nitrogens with zero attached hydrogens (tertiary/aromatic N) is 1. The molecule has 0 bridgehead atoms. The van der Waals surface area contributed by atoms with Gasteiger partial charge < -0.3 is 10.6 Å². The van der Waals surface area contributed by atoms with Crippen molar-refractivity contribution < 1.29 is 22.4 Å². The molecule has 2 aliphatic rings. The molecule has 0 radical (unpaired) electrons. The molecule has 0 atom stereocenters. The Balaban J connectivity index is 1.41. The van der Waals surface area contributed by atoms with Crippen LogP contribution in [-0.2, 0) is 26.0 Å². The first-order chi connectivity index (χ1) is 15.2. The highest BCUT2D eigenvalue weighted by Crippen LogP contribution is 2.29. The van der Waals surface area contributed by atoms with Gasteiger partial charge in [0.15, 0.2) is 0 Å². The zero-order valence-corrected chi connectivity index (χ0v) is 18.7. The van der Waals surface area contributed by atoms with E-state index in [0.29, 0.717) is 49.0 Å². The van der Waals surface area contributed by atoms with Gasteiger partial charge in [0.05, 0.1) is 4.90 Å². The van der Waals surface area contributed by atoms with Crippen LogP contribution in [0.25, 0.3) is 0 Å². The van der Waals surface area contributed by atoms with Crippen molar-refractivity contribution in [1.29, 1.82) is 0 Å². The zero-order valence-electron chi connectivity index (χ0n) is 17.9. The van der Waals surface area contributed by atoms with E-state index in [2.05, 4.69) is 10.6 Å². The number of aryl methyl sites for hydroxylation is 2. The summed E-state index contributed by atoms with van der Waals surface area (Å²) in [6.07, 6.45) is 2.51. The minimum absolute atomic E-state index is 0.0620. The molecule has 2 aromatic carbocycles. The molecule has 170 valence electrons. The van der Waals surface area contributed by atoms with Crippen molar-refractivity contribution in [3.63, 3.8) is 0 Å². The SMILES string of the molecule is Cc1ccc(NC(=O)C2CCN(S(=O)(=O)c3ccc4c(c3)CCCC(=O)N4)CC2)cc1F. The van der Waals surface area contributed by atoms with Crippen molar-refractivity contribution in [2.24, 2.45) is 5.92 Å². The second-order valence-electron chi connectivity index (χ2n) is 8.35. The maximum absolute atomic E-state index is 13.7. The maximum atomic E-state index is 13.7. The minimum Gasteiger partial charge on any atom is -0.326 e. The average Bonchev–Trinajstić information content (AvgIpc) is 2.96. The van der Waals surface area contributed by atoms with Crippen LogP contribution in [0.1, 0.15) is 36.8 Å². The number of carbonyl (C=O) groups excluding carboxylic acids is 2. The Morgan fingerprint density at radius 1 is 1.12 bits per heavy atom. The van der Waals surface area contributed by atoms with Crippen LogP contribution < -0.4 is 10.6 Å². The Bertz CT molecular complexity index is 1160. The third-order valence-corrected chi connectivity index (χ3v) is 8.00. The summed E-state index contributed by atoms with van der Waals surface area (Å²) in [4.78, 5) is 24.5. The van der Waals surface area contributed by atoms with E-state index in [-0.39, 0.29) is 41.5 Å². The third kappa shape index (κ3) is 4.68. The van der Waals surface area contributed by atoms with Gasteiger partial charge in [0, 0.05) is 36.8 Å². The van der Waals surface area contributed by atoms with Gasteiger partial charge in [0.25, 0.3) is 0 Å². The predicted molar refractivity (Wildman–Crippen MR) is 119 cm³/mol. The van der Waals surface area contributed by atoms with E-state index < -0.39 is 10.0 Å². The fraction of sp³-hybridized carbons (Fsp3) is 0.391. The molecule has 0 spiro atoms. The van der Waals surface area contributed by atoms with E-state index in [4.69, 9.17) is 0 Å². The minimum atomic E-state index is -3.70. The number of anilines is 2. The lowest BCUT2D eigenvalue weighted by atomic mass is 9.97. The van der Waals surface area contributed by atoms with Crippen LogP contribution in [0.3, 0.4) is 0 Å². The van der Waals surface area contributed by atoms with Gasteiger partial charge in [-0.15, -0.1) is 0 Å². The second kappa shape index (κ2) is 8.99. The van der Waals surface area contributed by atoms with Crippen molar-refractivity contribution in [3.05, 3.63) is 53.3 Å². The molecule has 0 saturated carbocycles. The Kier molecular flexibility index (Phi) is 6.30. The van der Waals surface area contributed by atoms with Crippen molar-refractivity contribution >= 4 is 33.2 Å². The van der Waals surface area contributed by atoms with Crippen molar-refractivity contribution in [3.8, 4) is 0 Å². The largest absolute Gasteiger partial charge is 0.326 e. The predicted octanol–water partition coefficient (Wildman–Crippen LogP) is 3.45. The van der Waals surface area contributed by atoms with Crippen molar-refractivity contribution in [2.45, 2.75) is 43.9 Å². The number of halogens is 1. The number of nitrogens with one attached hydrogen (secondary N) is 2. The smallest absolute Gasteiger partial charge is 0.243 e. The van der Waals surface area contributed by atoms with Crippen LogP contribution in [0.2, 0.25) is 0 Å². The summed E-state index contributed by atoms with van der Waals surface area (Å²) in [7, 11) is -3.70. The Labute approximate surface area is 187 Å². The lowest BCUT2D eigenvalue weighted by Gasteiger charge is -2.30. The van der Waals surface area contributed by atoms with Gasteiger partial charge in [-0.3, -0.25) is 9.59 Å². The van der Waals surface area contributed by atoms with Gasteiger partial charge in [0.2, 0.25) is 21.8 Å². The first-order valence-corrected chi connectivity index (χ1v) is 12.2. The molecule has 1 fully saturated rings. The summed E-state index contributed by atoms with van der Waals surface area (Å²) in [5, 5.41) is 5.54. The summed E-state index contributed by atoms with van der Waals surface area (Å²) in [6, 6.07) is 9.34. The molecule has 2 aliphatic heterocycles. The summed E-state index contributed by atoms with van der Waals surface area (Å²) in [5.74, 6) is -1.02. The normalized spacial score (nSPS) is 17.9. The lowest BCUT2D eigenvalue weighted by molar-refractivity contribution is -0.121. The molecule has 7 nitrogen and oxygen atoms in total. The highest BCUT2D eigenvalue weighted by molar-refractivity contribution is 7.89. The molecule has 0 aromatic heterocycles. The Morgan fingerprint density at radius 3 is 2.59 bits per heavy atom. The van der Waals surface area contributed by atoms with E-state index >= 15 is 0 Å². The van der Waals surface area contributed by atoms with Gasteiger partial charge >= 0.3 is 0 Å². The lowest BCUT2D eigenvalue weighted by Crippen LogP contribution is -2.41. The van der Waals surface area contributed by atoms with Crippen molar-refractivity contribution in [2.75, 3.05) is 23.7 Å². The fourth-order valence-electron chi connectivity index (χ4n) is 4.13. The molecular formula is C23H26FN3O4S. The monoisotopic (exact) mass is 459 g/mol. The van der Waals surface area contributed by atoms with Gasteiger partial charge in [-0.25, -0.2) is 12.8 Å². The Morgan fingerprint density at radius 2 is 1.88 bits per heavy atom. The molecule has 9 heteroatoms. The van der Waals surface area contributed by atoms with E-state index in [1.165, 1.54) is 16.4 Å². The number of fused-ring (bicyclic) bond motifs is 1. The van der Waals surface area contributed by atoms with Gasteiger partial charge in [-0.2, -0.15) is 4.31 Å². The summed E-state index contributed by atoms with van der Waals surface area (Å²) < 4.78 is 41.4. The van der Waals surface area contributed by atoms with E-state index in [1.807, 2.05) is 0 Å². The summed E-state index contributed by atoms with van der Waals surface area (Å²) in [6.45, 7) is 2.12. The van der Waals surface area contributed by atoms with Gasteiger partial charge in [0.1, 0.15) is 5.82 Å². The molecule has 0 aliphatic carbocycles. The number of carbonyl (C=O) groups is 2. The first kappa shape index (κ1) is 22.4. The van der Waals surface area contributed by atoms with Crippen LogP contribution >= 0.6 is 0 Å². The molecule has 2 aromatic rings. The van der Waals surface area contributed by atoms with Crippen LogP contribution in [0.4, 0.5) is 15.8 Å². The first-order valence-electron chi connectivity index (χ1n) is 10.7. The number of hydrogen-bond donors (Lipinski definition) is 2. The quantitative estimate of drug-likeness (QED) is 0.732. The van der Waals surface area contributed by atoms with Crippen LogP contribution in [0, 0.1) is 18.7 Å². The number of piperidine rings is 1. The van der Waals surface area contributed by atoms with Crippen LogP contribution in [0.15, 0.2) is 41.3 Å². The Hall–Kier alpha value is -2.78. The fourth-order valence-corrected chi connectivity index (χ4v) is 5.65. The molecule has 2 N–H and O–H groups in total. The maximum Gasteiger partial charge on any atom is 0.243 e. The van der Waals surface area contributed by atoms with Gasteiger partial charge in [-0.05, 0) is 74.1 Å². The standard InChI is InChI=1S/C23H26FN3O4S/c1-15-5-6-18(14-20(15)24)25-23(29)16-9-11-27(12-10-16)32(30,31)19-7-8-21-17(13-19)3-2-4-22(28)26-21/h5-8,13-14,16H,2-4,9-12H2,1H3,(H,25,29)(H,26,28). The van der Waals surface area contributed by atoms with Gasteiger partial charge in [-0.1, -0.05) is 6.07 Å². The highest BCUT2D eigenvalue weighted by Gasteiger charge is 2.32. The number of benzene rings is 2. The number of sulfonamides is 1. The van der Waals surface area contributed by atoms with E-state index in [0.717, 1.165) is 5.56 Å². The molecule has 0 unspecified atom stereocenters. The number of amides is 2. The highest BCUT2D eigenvalue weighted by atomic mass is 32.2. The topological polar surface area (TPSA) is 95.6 Å². The van der Waals surface area contributed by atoms with E-state index in [1.54, 1.807) is 31.2 Å². The molecule has 2 heterocycles. The second-order valence-corrected chi connectivity index (χ2v) is 10.3. The summed E-state index contributed by atoms with van der Waals surface area (Å²) in [5.41, 5.74) is 2.37. The molecule has 4 rings (SSSR count). The molecule has 32 heavy (non-hydrogen) atoms. The van der Waals surface area contributed by atoms with E-state index in [9.17, 15) is 22.4 Å². The number of hydrogen-bond acceptors (Lipinski definition) is 4. The molecular weight excluding hydrogens is 433 g/mol. The summed E-state index contributed by atoms with van der Waals surface area (Å²) >= 11 is 0.